The lowest BCUT2D eigenvalue weighted by Gasteiger charge is -2.32. The minimum absolute atomic E-state index is 0.159. The molecule has 0 aliphatic carbocycles. The molecule has 2 aliphatic heterocycles. The molecule has 14 nitrogen and oxygen atoms in total. The van der Waals surface area contributed by atoms with E-state index in [1.54, 1.807) is 24.3 Å². The van der Waals surface area contributed by atoms with E-state index in [0.717, 1.165) is 32.5 Å². The first-order chi connectivity index (χ1) is 23.2. The van der Waals surface area contributed by atoms with E-state index in [1.807, 2.05) is 20.8 Å². The predicted molar refractivity (Wildman–Crippen MR) is 176 cm³/mol. The second kappa shape index (κ2) is 22.9. The summed E-state index contributed by atoms with van der Waals surface area (Å²) in [5.41, 5.74) is 0.403. The van der Waals surface area contributed by atoms with E-state index in [1.165, 1.54) is 4.90 Å². The number of nitrogens with one attached hydrogen (secondary N) is 1. The maximum atomic E-state index is 12.3. The van der Waals surface area contributed by atoms with Gasteiger partial charge < -0.3 is 48.1 Å². The number of nitrogens with zero attached hydrogens (tertiary/aromatic N) is 2. The van der Waals surface area contributed by atoms with Crippen LogP contribution in [0.15, 0.2) is 24.3 Å². The Labute approximate surface area is 284 Å². The monoisotopic (exact) mass is 681 g/mol. The van der Waals surface area contributed by atoms with Gasteiger partial charge in [-0.2, -0.15) is 0 Å². The highest BCUT2D eigenvalue weighted by atomic mass is 16.6. The molecule has 1 aromatic rings. The third-order valence-electron chi connectivity index (χ3n) is 7.43. The van der Waals surface area contributed by atoms with Gasteiger partial charge in [-0.05, 0) is 45.7 Å². The Morgan fingerprint density at radius 2 is 1.02 bits per heavy atom. The van der Waals surface area contributed by atoms with E-state index in [2.05, 4.69) is 10.2 Å². The number of likely N-dealkylation sites (tertiary alicyclic amines) is 1. The van der Waals surface area contributed by atoms with E-state index >= 15 is 0 Å². The summed E-state index contributed by atoms with van der Waals surface area (Å²) in [6, 6.07) is 6.98. The topological polar surface area (TPSA) is 144 Å². The number of imide groups is 1. The lowest BCUT2D eigenvalue weighted by molar-refractivity contribution is -0.0214. The highest BCUT2D eigenvalue weighted by Crippen LogP contribution is 2.22. The molecule has 0 saturated carbocycles. The van der Waals surface area contributed by atoms with Gasteiger partial charge in [-0.25, -0.2) is 4.79 Å². The third-order valence-corrected chi connectivity index (χ3v) is 7.43. The van der Waals surface area contributed by atoms with Gasteiger partial charge in [0.05, 0.1) is 110 Å². The Balaban J connectivity index is 0.974. The van der Waals surface area contributed by atoms with Gasteiger partial charge >= 0.3 is 6.09 Å². The zero-order chi connectivity index (χ0) is 34.5. The average molecular weight is 682 g/mol. The number of fused-ring (bicyclic) bond motifs is 1. The molecule has 0 bridgehead atoms. The lowest BCUT2D eigenvalue weighted by atomic mass is 10.1. The molecule has 272 valence electrons. The Morgan fingerprint density at radius 3 is 1.42 bits per heavy atom. The first kappa shape index (κ1) is 39.7. The molecule has 0 aromatic heterocycles. The van der Waals surface area contributed by atoms with Gasteiger partial charge in [-0.3, -0.25) is 14.5 Å². The summed E-state index contributed by atoms with van der Waals surface area (Å²) in [6.45, 7) is 15.0. The van der Waals surface area contributed by atoms with Gasteiger partial charge in [0.1, 0.15) is 5.60 Å². The number of carbonyl (C=O) groups excluding carboxylic acids is 3. The number of hydrogen-bond donors (Lipinski definition) is 1. The summed E-state index contributed by atoms with van der Waals surface area (Å²) >= 11 is 0. The van der Waals surface area contributed by atoms with Crippen LogP contribution in [-0.2, 0) is 37.9 Å². The fourth-order valence-corrected chi connectivity index (χ4v) is 4.99. The van der Waals surface area contributed by atoms with Crippen LogP contribution in [-0.4, -0.2) is 158 Å². The number of piperidine rings is 1. The minimum Gasteiger partial charge on any atom is -0.444 e. The Morgan fingerprint density at radius 1 is 0.646 bits per heavy atom. The molecule has 0 radical (unpaired) electrons. The van der Waals surface area contributed by atoms with Crippen LogP contribution in [0.4, 0.5) is 4.79 Å². The number of rotatable bonds is 25. The van der Waals surface area contributed by atoms with Crippen molar-refractivity contribution in [2.75, 3.05) is 119 Å². The number of hydrogen-bond acceptors (Lipinski definition) is 12. The zero-order valence-corrected chi connectivity index (χ0v) is 28.9. The van der Waals surface area contributed by atoms with Gasteiger partial charge in [0.25, 0.3) is 11.8 Å². The van der Waals surface area contributed by atoms with E-state index in [-0.39, 0.29) is 37.1 Å². The third kappa shape index (κ3) is 16.1. The van der Waals surface area contributed by atoms with Gasteiger partial charge in [0.15, 0.2) is 0 Å². The van der Waals surface area contributed by atoms with Crippen LogP contribution in [0.3, 0.4) is 0 Å². The van der Waals surface area contributed by atoms with Crippen molar-refractivity contribution < 1.29 is 52.3 Å². The van der Waals surface area contributed by atoms with Crippen LogP contribution in [0, 0.1) is 0 Å². The van der Waals surface area contributed by atoms with Gasteiger partial charge in [0.2, 0.25) is 0 Å². The first-order valence-electron chi connectivity index (χ1n) is 17.0. The molecule has 2 heterocycles. The fraction of sp³-hybridized carbons (Fsp3) is 0.735. The van der Waals surface area contributed by atoms with E-state index in [9.17, 15) is 14.4 Å². The van der Waals surface area contributed by atoms with Crippen LogP contribution in [0.25, 0.3) is 0 Å². The highest BCUT2D eigenvalue weighted by Gasteiger charge is 2.34. The normalized spacial score (nSPS) is 15.7. The molecule has 1 fully saturated rings. The molecule has 1 saturated heterocycles. The molecular weight excluding hydrogens is 626 g/mol. The summed E-state index contributed by atoms with van der Waals surface area (Å²) in [7, 11) is 0. The molecular formula is C34H55N3O11. The maximum absolute atomic E-state index is 12.3. The Bertz CT molecular complexity index is 1040. The predicted octanol–water partition coefficient (Wildman–Crippen LogP) is 2.39. The second-order valence-corrected chi connectivity index (χ2v) is 12.4. The number of alkyl carbamates (subject to hydrolysis) is 1. The molecule has 3 amide bonds. The van der Waals surface area contributed by atoms with Crippen LogP contribution in [0.5, 0.6) is 0 Å². The second-order valence-electron chi connectivity index (χ2n) is 12.4. The van der Waals surface area contributed by atoms with Crippen molar-refractivity contribution in [3.8, 4) is 0 Å². The smallest absolute Gasteiger partial charge is 0.407 e. The molecule has 3 rings (SSSR count). The van der Waals surface area contributed by atoms with Crippen molar-refractivity contribution in [3.05, 3.63) is 35.4 Å². The molecule has 14 heteroatoms. The summed E-state index contributed by atoms with van der Waals surface area (Å²) in [4.78, 5) is 40.1. The van der Waals surface area contributed by atoms with Crippen LogP contribution in [0.2, 0.25) is 0 Å². The molecule has 1 aromatic carbocycles. The number of benzene rings is 1. The number of carbonyl (C=O) groups is 3. The lowest BCUT2D eigenvalue weighted by Crippen LogP contribution is -2.46. The van der Waals surface area contributed by atoms with Gasteiger partial charge in [-0.15, -0.1) is 0 Å². The average Bonchev–Trinajstić information content (AvgIpc) is 3.29. The largest absolute Gasteiger partial charge is 0.444 e. The van der Waals surface area contributed by atoms with Crippen molar-refractivity contribution in [2.45, 2.75) is 45.3 Å². The molecule has 1 N–H and O–H groups in total. The molecule has 2 aliphatic rings. The minimum atomic E-state index is -0.482. The molecule has 48 heavy (non-hydrogen) atoms. The van der Waals surface area contributed by atoms with Crippen molar-refractivity contribution in [1.82, 2.24) is 15.1 Å². The van der Waals surface area contributed by atoms with Crippen LogP contribution < -0.4 is 5.32 Å². The fourth-order valence-electron chi connectivity index (χ4n) is 4.99. The maximum Gasteiger partial charge on any atom is 0.407 e. The van der Waals surface area contributed by atoms with Crippen molar-refractivity contribution in [2.24, 2.45) is 0 Å². The Hall–Kier alpha value is -2.69. The van der Waals surface area contributed by atoms with Gasteiger partial charge in [0, 0.05) is 25.7 Å². The summed E-state index contributed by atoms with van der Waals surface area (Å²) in [6.07, 6.45) is 1.47. The van der Waals surface area contributed by atoms with E-state index in [4.69, 9.17) is 37.9 Å². The molecule has 0 spiro atoms. The standard InChI is InChI=1S/C34H55N3O11/c1-34(2,3)48-33(40)35-28-8-10-36(11-9-28)12-14-41-16-18-43-20-22-45-24-26-47-27-25-46-23-21-44-19-17-42-15-13-37-31(38)29-6-4-5-7-30(29)32(37)39/h4-7,28H,8-27H2,1-3H3,(H,35,40). The Kier molecular flexibility index (Phi) is 18.9. The summed E-state index contributed by atoms with van der Waals surface area (Å²) in [5.74, 6) is -0.555. The van der Waals surface area contributed by atoms with E-state index < -0.39 is 5.60 Å². The number of amides is 3. The number of ether oxygens (including phenoxy) is 8. The summed E-state index contributed by atoms with van der Waals surface area (Å²) in [5, 5.41) is 2.96. The van der Waals surface area contributed by atoms with Crippen LogP contribution in [0.1, 0.15) is 54.3 Å². The van der Waals surface area contributed by atoms with Gasteiger partial charge in [-0.1, -0.05) is 12.1 Å². The first-order valence-corrected chi connectivity index (χ1v) is 17.0. The zero-order valence-electron chi connectivity index (χ0n) is 28.9. The molecule has 0 unspecified atom stereocenters. The van der Waals surface area contributed by atoms with Crippen molar-refractivity contribution in [3.63, 3.8) is 0 Å². The van der Waals surface area contributed by atoms with Crippen LogP contribution >= 0.6 is 0 Å². The van der Waals surface area contributed by atoms with Crippen molar-refractivity contribution >= 4 is 17.9 Å². The highest BCUT2D eigenvalue weighted by molar-refractivity contribution is 6.21. The SMILES string of the molecule is CC(C)(C)OC(=O)NC1CCN(CCOCCOCCOCCOCCOCCOCCOCCN2C(=O)c3ccccc3C2=O)CC1. The molecule has 0 atom stereocenters. The van der Waals surface area contributed by atoms with Crippen molar-refractivity contribution in [1.29, 1.82) is 0 Å². The summed E-state index contributed by atoms with van der Waals surface area (Å²) < 4.78 is 44.0. The van der Waals surface area contributed by atoms with E-state index in [0.29, 0.717) is 97.0 Å². The quantitative estimate of drug-likeness (QED) is 0.120.